The molecule has 0 aliphatic carbocycles. The molecule has 0 spiro atoms. The molecular weight excluding hydrogens is 1010 g/mol. The summed E-state index contributed by atoms with van der Waals surface area (Å²) in [5, 5.41) is 8.35. The zero-order valence-electron chi connectivity index (χ0n) is 36.8. The van der Waals surface area contributed by atoms with Crippen LogP contribution < -0.4 is 32.7 Å². The second-order valence-corrected chi connectivity index (χ2v) is 15.9. The van der Waals surface area contributed by atoms with Crippen molar-refractivity contribution in [3.8, 4) is 22.3 Å². The number of carbonyl (C=O) groups excluding carboxylic acids is 4. The molecule has 74 heavy (non-hydrogen) atoms. The maximum atomic E-state index is 14.5. The smallest absolute Gasteiger partial charge is 0.399 e. The van der Waals surface area contributed by atoms with Gasteiger partial charge in [-0.1, -0.05) is 30.3 Å². The van der Waals surface area contributed by atoms with E-state index >= 15 is 0 Å². The van der Waals surface area contributed by atoms with Gasteiger partial charge in [0.15, 0.2) is 0 Å². The number of hydrogen-bond donors (Lipinski definition) is 6. The fourth-order valence-corrected chi connectivity index (χ4v) is 7.40. The Morgan fingerprint density at radius 1 is 0.338 bits per heavy atom. The zero-order valence-corrected chi connectivity index (χ0v) is 36.8. The van der Waals surface area contributed by atoms with Crippen molar-refractivity contribution in [3.05, 3.63) is 190 Å². The number of benzene rings is 7. The first-order valence-corrected chi connectivity index (χ1v) is 20.8. The van der Waals surface area contributed by atoms with Crippen LogP contribution in [0.5, 0.6) is 0 Å². The van der Waals surface area contributed by atoms with Gasteiger partial charge in [0.1, 0.15) is 11.6 Å². The van der Waals surface area contributed by atoms with Crippen LogP contribution in [0.4, 0.5) is 95.6 Å². The number of alkyl halides is 12. The lowest BCUT2D eigenvalue weighted by Crippen LogP contribution is -2.17. The second kappa shape index (κ2) is 19.9. The molecule has 0 unspecified atom stereocenters. The van der Waals surface area contributed by atoms with Gasteiger partial charge >= 0.3 is 24.7 Å². The van der Waals surface area contributed by atoms with Gasteiger partial charge < -0.3 is 32.7 Å². The minimum atomic E-state index is -5.35. The largest absolute Gasteiger partial charge is 0.417 e. The van der Waals surface area contributed by atoms with Crippen molar-refractivity contribution in [2.75, 3.05) is 32.7 Å². The fraction of sp³-hybridized carbons (Fsp3) is 0.0800. The highest BCUT2D eigenvalue weighted by molar-refractivity contribution is 6.09. The van der Waals surface area contributed by atoms with Crippen molar-refractivity contribution in [2.45, 2.75) is 24.7 Å². The molecule has 0 saturated carbocycles. The highest BCUT2D eigenvalue weighted by Gasteiger charge is 2.41. The Morgan fingerprint density at radius 3 is 0.865 bits per heavy atom. The number of nitrogens with two attached hydrogens (primary N) is 2. The Kier molecular flexibility index (Phi) is 14.2. The van der Waals surface area contributed by atoms with Crippen molar-refractivity contribution in [3.63, 3.8) is 0 Å². The minimum absolute atomic E-state index is 0.0625. The molecule has 4 amide bonds. The number of rotatable bonds is 10. The molecule has 0 aromatic heterocycles. The molecule has 0 aliphatic rings. The summed E-state index contributed by atoms with van der Waals surface area (Å²) < 4.78 is 202. The molecular formula is C50H30F14N6O4. The van der Waals surface area contributed by atoms with Gasteiger partial charge in [0.2, 0.25) is 0 Å². The number of halogens is 14. The van der Waals surface area contributed by atoms with E-state index in [0.717, 1.165) is 84.9 Å². The van der Waals surface area contributed by atoms with E-state index in [9.17, 15) is 80.6 Å². The van der Waals surface area contributed by atoms with Gasteiger partial charge in [-0.15, -0.1) is 0 Å². The second-order valence-electron chi connectivity index (χ2n) is 15.9. The maximum Gasteiger partial charge on any atom is 0.417 e. The monoisotopic (exact) mass is 1040 g/mol. The van der Waals surface area contributed by atoms with E-state index in [1.54, 1.807) is 0 Å². The van der Waals surface area contributed by atoms with Crippen LogP contribution in [0, 0.1) is 11.6 Å². The molecule has 7 rings (SSSR count). The summed E-state index contributed by atoms with van der Waals surface area (Å²) in [6, 6.07) is 17.1. The lowest BCUT2D eigenvalue weighted by Gasteiger charge is -2.20. The number of nitrogen functional groups attached to an aromatic ring is 2. The number of carbonyl (C=O) groups is 4. The van der Waals surface area contributed by atoms with Gasteiger partial charge in [-0.3, -0.25) is 19.2 Å². The van der Waals surface area contributed by atoms with E-state index in [-0.39, 0.29) is 11.4 Å². The van der Waals surface area contributed by atoms with Crippen LogP contribution in [0.25, 0.3) is 22.3 Å². The number of amides is 4. The van der Waals surface area contributed by atoms with E-state index in [2.05, 4.69) is 21.3 Å². The third kappa shape index (κ3) is 11.9. The van der Waals surface area contributed by atoms with Crippen LogP contribution in [0.1, 0.15) is 63.7 Å². The minimum Gasteiger partial charge on any atom is -0.399 e. The molecule has 0 radical (unpaired) electrons. The topological polar surface area (TPSA) is 168 Å². The Hall–Kier alpha value is -8.96. The van der Waals surface area contributed by atoms with Crippen LogP contribution in [0.15, 0.2) is 133 Å². The molecule has 0 atom stereocenters. The summed E-state index contributed by atoms with van der Waals surface area (Å²) in [5.74, 6) is -6.98. The van der Waals surface area contributed by atoms with Crippen LogP contribution >= 0.6 is 0 Å². The van der Waals surface area contributed by atoms with Crippen molar-refractivity contribution < 1.29 is 80.6 Å². The number of nitrogens with one attached hydrogen (secondary N) is 4. The van der Waals surface area contributed by atoms with E-state index in [4.69, 9.17) is 11.5 Å². The van der Waals surface area contributed by atoms with E-state index in [0.29, 0.717) is 48.5 Å². The molecule has 382 valence electrons. The Morgan fingerprint density at radius 2 is 0.608 bits per heavy atom. The average Bonchev–Trinajstić information content (AvgIpc) is 3.30. The zero-order chi connectivity index (χ0) is 54.2. The molecule has 0 fully saturated rings. The summed E-state index contributed by atoms with van der Waals surface area (Å²) in [4.78, 5) is 51.9. The molecule has 0 aliphatic heterocycles. The maximum absolute atomic E-state index is 14.5. The lowest BCUT2D eigenvalue weighted by molar-refractivity contribution is -0.139. The van der Waals surface area contributed by atoms with Crippen LogP contribution in [-0.4, -0.2) is 23.6 Å². The van der Waals surface area contributed by atoms with Crippen LogP contribution in [-0.2, 0) is 24.7 Å². The van der Waals surface area contributed by atoms with Crippen molar-refractivity contribution in [1.29, 1.82) is 0 Å². The van der Waals surface area contributed by atoms with E-state index in [1.165, 1.54) is 0 Å². The summed E-state index contributed by atoms with van der Waals surface area (Å²) in [7, 11) is 0. The van der Waals surface area contributed by atoms with Crippen molar-refractivity contribution in [1.82, 2.24) is 0 Å². The lowest BCUT2D eigenvalue weighted by atomic mass is 9.93. The number of anilines is 6. The van der Waals surface area contributed by atoms with E-state index in [1.807, 2.05) is 0 Å². The first kappa shape index (κ1) is 52.9. The Balaban J connectivity index is 1.11. The Labute approximate surface area is 407 Å². The van der Waals surface area contributed by atoms with Gasteiger partial charge in [0.25, 0.3) is 23.6 Å². The SMILES string of the molecule is Nc1ccc(C(=O)Nc2ccc(-c3ccc(NC(=O)c4cccc(C(=O)Nc5ccc(-c6ccc(NC(=O)c7ccc(N)cc7F)cc6C(F)(F)F)c(C(F)(F)F)c5)c4)cc3C(F)(F)F)c(C(F)(F)F)c2)c(F)c1. The molecule has 0 saturated heterocycles. The van der Waals surface area contributed by atoms with Gasteiger partial charge in [-0.05, 0) is 125 Å². The quantitative estimate of drug-likeness (QED) is 0.0589. The highest BCUT2D eigenvalue weighted by atomic mass is 19.4. The molecule has 8 N–H and O–H groups in total. The standard InChI is InChI=1S/C50H30F14N6O4/c51-41-17-25(65)4-10-35(41)45(73)69-29-8-14-33(39(21-29)49(59,60)61)31-12-6-27(19-37(31)47(53,54)55)67-43(71)23-2-1-3-24(16-23)44(72)68-28-7-13-32(38(20-28)48(56,57)58)34-15-9-30(22-40(34)50(62,63)64)70-46(74)36-11-5-26(66)18-42(36)52/h1-22H,65-66H2,(H,67,71)(H,68,72)(H,69,73)(H,70,74). The first-order valence-electron chi connectivity index (χ1n) is 20.8. The summed E-state index contributed by atoms with van der Waals surface area (Å²) in [6.07, 6.45) is -21.3. The molecule has 7 aromatic carbocycles. The summed E-state index contributed by atoms with van der Waals surface area (Å²) in [5.41, 5.74) is -4.27. The predicted octanol–water partition coefficient (Wildman–Crippen LogP) is 13.5. The number of hydrogen-bond acceptors (Lipinski definition) is 6. The molecule has 24 heteroatoms. The Bertz CT molecular complexity index is 3170. The predicted molar refractivity (Wildman–Crippen MR) is 244 cm³/mol. The van der Waals surface area contributed by atoms with Gasteiger partial charge in [-0.2, -0.15) is 52.7 Å². The summed E-state index contributed by atoms with van der Waals surface area (Å²) >= 11 is 0. The van der Waals surface area contributed by atoms with Crippen LogP contribution in [0.3, 0.4) is 0 Å². The third-order valence-electron chi connectivity index (χ3n) is 10.8. The van der Waals surface area contributed by atoms with Crippen molar-refractivity contribution >= 4 is 57.8 Å². The van der Waals surface area contributed by atoms with Gasteiger partial charge in [-0.25, -0.2) is 8.78 Å². The van der Waals surface area contributed by atoms with Gasteiger partial charge in [0, 0.05) is 45.3 Å². The third-order valence-corrected chi connectivity index (χ3v) is 10.8. The van der Waals surface area contributed by atoms with E-state index < -0.39 is 149 Å². The van der Waals surface area contributed by atoms with Crippen LogP contribution in [0.2, 0.25) is 0 Å². The van der Waals surface area contributed by atoms with Gasteiger partial charge in [0.05, 0.1) is 33.4 Å². The fourth-order valence-electron chi connectivity index (χ4n) is 7.40. The summed E-state index contributed by atoms with van der Waals surface area (Å²) in [6.45, 7) is 0. The molecule has 10 nitrogen and oxygen atoms in total. The molecule has 7 aromatic rings. The highest BCUT2D eigenvalue weighted by Crippen LogP contribution is 2.46. The molecule has 0 heterocycles. The normalized spacial score (nSPS) is 12.0. The van der Waals surface area contributed by atoms with Crippen molar-refractivity contribution in [2.24, 2.45) is 0 Å². The first-order chi connectivity index (χ1) is 34.5. The average molecular weight is 1040 g/mol. The molecule has 0 bridgehead atoms.